The maximum Gasteiger partial charge on any atom is 0.117 e. The highest BCUT2D eigenvalue weighted by atomic mass is 16.5. The predicted octanol–water partition coefficient (Wildman–Crippen LogP) is 4.35. The molecule has 0 atom stereocenters. The summed E-state index contributed by atoms with van der Waals surface area (Å²) in [5.74, 6) is 0.914. The monoisotopic (exact) mass is 285 g/mol. The van der Waals surface area contributed by atoms with Gasteiger partial charge in [0.05, 0.1) is 24.8 Å². The summed E-state index contributed by atoms with van der Waals surface area (Å²) < 4.78 is 11.3. The highest BCUT2D eigenvalue weighted by Crippen LogP contribution is 2.10. The Morgan fingerprint density at radius 1 is 1.10 bits per heavy atom. The molecule has 0 unspecified atom stereocenters. The van der Waals surface area contributed by atoms with E-state index >= 15 is 0 Å². The third-order valence-electron chi connectivity index (χ3n) is 2.75. The third kappa shape index (κ3) is 6.78. The number of allylic oxidation sites excluding steroid dienone is 3. The van der Waals surface area contributed by atoms with Crippen molar-refractivity contribution >= 4 is 0 Å². The average Bonchev–Trinajstić information content (AvgIpc) is 2.45. The van der Waals surface area contributed by atoms with Crippen molar-refractivity contribution in [3.8, 4) is 6.07 Å². The van der Waals surface area contributed by atoms with Crippen molar-refractivity contribution in [1.29, 1.82) is 5.26 Å². The van der Waals surface area contributed by atoms with Crippen LogP contribution < -0.4 is 0 Å². The van der Waals surface area contributed by atoms with E-state index in [1.165, 1.54) is 5.57 Å². The first-order chi connectivity index (χ1) is 10.0. The molecule has 0 saturated heterocycles. The van der Waals surface area contributed by atoms with Gasteiger partial charge in [-0.1, -0.05) is 17.7 Å². The first-order valence-corrected chi connectivity index (χ1v) is 7.05. The van der Waals surface area contributed by atoms with Crippen molar-refractivity contribution in [3.63, 3.8) is 0 Å². The van der Waals surface area contributed by atoms with Gasteiger partial charge in [0.15, 0.2) is 0 Å². The normalized spacial score (nSPS) is 9.67. The Balaban J connectivity index is 2.32. The second-order valence-corrected chi connectivity index (χ2v) is 5.30. The van der Waals surface area contributed by atoms with Crippen molar-refractivity contribution in [1.82, 2.24) is 0 Å². The van der Waals surface area contributed by atoms with Gasteiger partial charge >= 0.3 is 0 Å². The van der Waals surface area contributed by atoms with Crippen molar-refractivity contribution in [2.45, 2.75) is 34.3 Å². The second-order valence-electron chi connectivity index (χ2n) is 5.30. The molecule has 0 heterocycles. The fourth-order valence-electron chi connectivity index (χ4n) is 1.67. The number of benzene rings is 1. The molecule has 0 spiro atoms. The first-order valence-electron chi connectivity index (χ1n) is 7.05. The van der Waals surface area contributed by atoms with Crippen molar-refractivity contribution in [2.75, 3.05) is 13.2 Å². The molecule has 0 bridgehead atoms. The average molecular weight is 285 g/mol. The SMILES string of the molecule is CC(C)=CC(OCCOCc1ccc(C#N)cc1)=C(C)C. The van der Waals surface area contributed by atoms with E-state index in [0.717, 1.165) is 16.9 Å². The van der Waals surface area contributed by atoms with Gasteiger partial charge in [0.1, 0.15) is 12.4 Å². The Hall–Kier alpha value is -2.05. The number of rotatable bonds is 7. The molecular weight excluding hydrogens is 262 g/mol. The van der Waals surface area contributed by atoms with Gasteiger partial charge in [-0.25, -0.2) is 0 Å². The fraction of sp³-hybridized carbons (Fsp3) is 0.389. The number of ether oxygens (including phenoxy) is 2. The maximum atomic E-state index is 8.73. The second kappa shape index (κ2) is 8.99. The fourth-order valence-corrected chi connectivity index (χ4v) is 1.67. The summed E-state index contributed by atoms with van der Waals surface area (Å²) in [6, 6.07) is 9.51. The Morgan fingerprint density at radius 2 is 1.76 bits per heavy atom. The van der Waals surface area contributed by atoms with Gasteiger partial charge < -0.3 is 9.47 Å². The molecule has 0 aliphatic heterocycles. The van der Waals surface area contributed by atoms with E-state index in [1.54, 1.807) is 12.1 Å². The minimum Gasteiger partial charge on any atom is -0.491 e. The summed E-state index contributed by atoms with van der Waals surface area (Å²) in [5, 5.41) is 8.73. The molecule has 3 heteroatoms. The van der Waals surface area contributed by atoms with Crippen LogP contribution in [-0.4, -0.2) is 13.2 Å². The van der Waals surface area contributed by atoms with Gasteiger partial charge in [-0.3, -0.25) is 0 Å². The number of hydrogen-bond acceptors (Lipinski definition) is 3. The lowest BCUT2D eigenvalue weighted by Crippen LogP contribution is -2.04. The molecule has 0 fully saturated rings. The summed E-state index contributed by atoms with van der Waals surface area (Å²) in [7, 11) is 0. The lowest BCUT2D eigenvalue weighted by molar-refractivity contribution is 0.0685. The van der Waals surface area contributed by atoms with E-state index in [4.69, 9.17) is 14.7 Å². The van der Waals surface area contributed by atoms with Gasteiger partial charge in [0.2, 0.25) is 0 Å². The summed E-state index contributed by atoms with van der Waals surface area (Å²) in [6.07, 6.45) is 2.04. The molecule has 0 saturated carbocycles. The summed E-state index contributed by atoms with van der Waals surface area (Å²) in [6.45, 7) is 9.76. The Kier molecular flexibility index (Phi) is 7.28. The standard InChI is InChI=1S/C18H23NO2/c1-14(2)11-18(15(3)4)21-10-9-20-13-17-7-5-16(12-19)6-8-17/h5-8,11H,9-10,13H2,1-4H3. The van der Waals surface area contributed by atoms with Crippen LogP contribution in [-0.2, 0) is 16.1 Å². The molecule has 0 N–H and O–H groups in total. The molecule has 1 aromatic rings. The van der Waals surface area contributed by atoms with E-state index in [0.29, 0.717) is 25.4 Å². The number of hydrogen-bond donors (Lipinski definition) is 0. The van der Waals surface area contributed by atoms with Crippen LogP contribution >= 0.6 is 0 Å². The van der Waals surface area contributed by atoms with Crippen LogP contribution in [0, 0.1) is 11.3 Å². The molecule has 0 radical (unpaired) electrons. The largest absolute Gasteiger partial charge is 0.491 e. The topological polar surface area (TPSA) is 42.2 Å². The highest BCUT2D eigenvalue weighted by molar-refractivity contribution is 5.31. The van der Waals surface area contributed by atoms with Gasteiger partial charge in [-0.05, 0) is 57.0 Å². The zero-order valence-corrected chi connectivity index (χ0v) is 13.3. The van der Waals surface area contributed by atoms with Crippen molar-refractivity contribution in [2.24, 2.45) is 0 Å². The van der Waals surface area contributed by atoms with Crippen LogP contribution in [0.5, 0.6) is 0 Å². The van der Waals surface area contributed by atoms with Crippen LogP contribution in [0.2, 0.25) is 0 Å². The van der Waals surface area contributed by atoms with Crippen LogP contribution in [0.3, 0.4) is 0 Å². The highest BCUT2D eigenvalue weighted by Gasteiger charge is 1.99. The third-order valence-corrected chi connectivity index (χ3v) is 2.75. The number of nitriles is 1. The Bertz CT molecular complexity index is 540. The summed E-state index contributed by atoms with van der Waals surface area (Å²) >= 11 is 0. The molecule has 1 rings (SSSR count). The molecule has 1 aromatic carbocycles. The van der Waals surface area contributed by atoms with E-state index < -0.39 is 0 Å². The van der Waals surface area contributed by atoms with Crippen LogP contribution in [0.25, 0.3) is 0 Å². The predicted molar refractivity (Wildman–Crippen MR) is 84.6 cm³/mol. The smallest absolute Gasteiger partial charge is 0.117 e. The Morgan fingerprint density at radius 3 is 2.29 bits per heavy atom. The molecule has 0 aliphatic carbocycles. The van der Waals surface area contributed by atoms with E-state index in [9.17, 15) is 0 Å². The molecule has 0 amide bonds. The van der Waals surface area contributed by atoms with Crippen molar-refractivity contribution < 1.29 is 9.47 Å². The van der Waals surface area contributed by atoms with Gasteiger partial charge in [-0.15, -0.1) is 0 Å². The first kappa shape index (κ1) is 17.0. The lowest BCUT2D eigenvalue weighted by Gasteiger charge is -2.10. The minimum atomic E-state index is 0.528. The molecule has 0 aromatic heterocycles. The molecule has 112 valence electrons. The maximum absolute atomic E-state index is 8.73. The summed E-state index contributed by atoms with van der Waals surface area (Å²) in [4.78, 5) is 0. The quantitative estimate of drug-likeness (QED) is 0.425. The van der Waals surface area contributed by atoms with Gasteiger partial charge in [0, 0.05) is 0 Å². The van der Waals surface area contributed by atoms with Crippen LogP contribution in [0.1, 0.15) is 38.8 Å². The molecule has 0 aliphatic rings. The van der Waals surface area contributed by atoms with Crippen LogP contribution in [0.15, 0.2) is 47.2 Å². The van der Waals surface area contributed by atoms with E-state index in [-0.39, 0.29) is 0 Å². The van der Waals surface area contributed by atoms with E-state index in [1.807, 2.05) is 45.9 Å². The van der Waals surface area contributed by atoms with Gasteiger partial charge in [0.25, 0.3) is 0 Å². The summed E-state index contributed by atoms with van der Waals surface area (Å²) in [5.41, 5.74) is 4.09. The Labute approximate surface area is 127 Å². The van der Waals surface area contributed by atoms with Crippen LogP contribution in [0.4, 0.5) is 0 Å². The van der Waals surface area contributed by atoms with Crippen molar-refractivity contribution in [3.05, 3.63) is 58.4 Å². The zero-order chi connectivity index (χ0) is 15.7. The minimum absolute atomic E-state index is 0.528. The zero-order valence-electron chi connectivity index (χ0n) is 13.3. The number of nitrogens with zero attached hydrogens (tertiary/aromatic N) is 1. The van der Waals surface area contributed by atoms with Gasteiger partial charge in [-0.2, -0.15) is 5.26 Å². The molecule has 3 nitrogen and oxygen atoms in total. The lowest BCUT2D eigenvalue weighted by atomic mass is 10.2. The van der Waals surface area contributed by atoms with E-state index in [2.05, 4.69) is 6.07 Å². The molecule has 21 heavy (non-hydrogen) atoms. The molecular formula is C18H23NO2.